The van der Waals surface area contributed by atoms with E-state index in [0.29, 0.717) is 30.4 Å². The number of nitro benzene ring substituents is 1. The molecule has 0 radical (unpaired) electrons. The first-order chi connectivity index (χ1) is 17.5. The minimum Gasteiger partial charge on any atom is -0.493 e. The first kappa shape index (κ1) is 26.5. The van der Waals surface area contributed by atoms with Crippen molar-refractivity contribution in [3.05, 3.63) is 57.6 Å². The van der Waals surface area contributed by atoms with Crippen LogP contribution in [0.5, 0.6) is 11.5 Å². The number of carbonyl (C=O) groups is 1. The molecule has 2 fully saturated rings. The second-order valence-corrected chi connectivity index (χ2v) is 9.53. The number of rotatable bonds is 6. The summed E-state index contributed by atoms with van der Waals surface area (Å²) in [6.45, 7) is 0.890. The van der Waals surface area contributed by atoms with Crippen molar-refractivity contribution >= 4 is 17.4 Å². The third-order valence-electron chi connectivity index (χ3n) is 7.58. The van der Waals surface area contributed by atoms with E-state index >= 15 is 0 Å². The molecule has 3 atom stereocenters. The quantitative estimate of drug-likeness (QED) is 0.411. The number of nitrogens with one attached hydrogen (secondary N) is 2. The van der Waals surface area contributed by atoms with Crippen LogP contribution < -0.4 is 20.1 Å². The summed E-state index contributed by atoms with van der Waals surface area (Å²) in [5.41, 5.74) is -1.64. The molecule has 0 unspecified atom stereocenters. The van der Waals surface area contributed by atoms with Crippen LogP contribution in [0.1, 0.15) is 36.8 Å². The van der Waals surface area contributed by atoms with E-state index in [9.17, 15) is 28.1 Å². The molecule has 1 aliphatic carbocycles. The van der Waals surface area contributed by atoms with E-state index in [1.807, 2.05) is 19.2 Å². The molecule has 9 nitrogen and oxygen atoms in total. The van der Waals surface area contributed by atoms with Crippen molar-refractivity contribution < 1.29 is 32.4 Å². The summed E-state index contributed by atoms with van der Waals surface area (Å²) in [5, 5.41) is 16.2. The molecular weight excluding hydrogens is 493 g/mol. The first-order valence-corrected chi connectivity index (χ1v) is 11.8. The standard InChI is InChI=1S/C25H29F3N4O5/c1-31-11-10-24(15-4-7-20(36-2)21(12-15)37-3)9-8-17(14-22(24)31)30-23(33)29-16-5-6-19(32(34)35)18(13-16)25(26,27)28/h4-7,12-13,17,22H,8-11,14H2,1-3H3,(H2,29,30,33)/t17-,22+,24-/m0/s1. The van der Waals surface area contributed by atoms with Gasteiger partial charge < -0.3 is 25.0 Å². The third kappa shape index (κ3) is 5.15. The van der Waals surface area contributed by atoms with E-state index < -0.39 is 28.4 Å². The number of halogens is 3. The fraction of sp³-hybridized carbons (Fsp3) is 0.480. The maximum absolute atomic E-state index is 13.3. The molecule has 12 heteroatoms. The van der Waals surface area contributed by atoms with Crippen molar-refractivity contribution in [2.45, 2.75) is 49.4 Å². The summed E-state index contributed by atoms with van der Waals surface area (Å²) in [6.07, 6.45) is -1.84. The molecule has 2 aromatic rings. The lowest BCUT2D eigenvalue weighted by Crippen LogP contribution is -2.52. The number of likely N-dealkylation sites (tertiary alicyclic amines) is 1. The molecule has 37 heavy (non-hydrogen) atoms. The Hall–Kier alpha value is -3.54. The van der Waals surface area contributed by atoms with Gasteiger partial charge in [-0.05, 0) is 69.1 Å². The molecule has 2 aromatic carbocycles. The van der Waals surface area contributed by atoms with Crippen molar-refractivity contribution in [3.63, 3.8) is 0 Å². The van der Waals surface area contributed by atoms with Crippen LogP contribution in [-0.4, -0.2) is 55.8 Å². The summed E-state index contributed by atoms with van der Waals surface area (Å²) in [5.74, 6) is 1.31. The van der Waals surface area contributed by atoms with Gasteiger partial charge in [0.1, 0.15) is 5.56 Å². The van der Waals surface area contributed by atoms with Gasteiger partial charge in [-0.25, -0.2) is 4.79 Å². The topological polar surface area (TPSA) is 106 Å². The van der Waals surface area contributed by atoms with Gasteiger partial charge in [-0.1, -0.05) is 6.07 Å². The van der Waals surface area contributed by atoms with Crippen LogP contribution in [-0.2, 0) is 11.6 Å². The normalized spacial score (nSPS) is 23.7. The Bertz CT molecular complexity index is 1190. The van der Waals surface area contributed by atoms with E-state index in [-0.39, 0.29) is 23.2 Å². The summed E-state index contributed by atoms with van der Waals surface area (Å²) in [7, 11) is 5.23. The summed E-state index contributed by atoms with van der Waals surface area (Å²) >= 11 is 0. The number of hydrogen-bond acceptors (Lipinski definition) is 6. The fourth-order valence-corrected chi connectivity index (χ4v) is 5.75. The van der Waals surface area contributed by atoms with E-state index in [1.165, 1.54) is 0 Å². The van der Waals surface area contributed by atoms with Gasteiger partial charge in [-0.15, -0.1) is 0 Å². The first-order valence-electron chi connectivity index (χ1n) is 11.8. The number of ether oxygens (including phenoxy) is 2. The molecule has 2 aliphatic rings. The van der Waals surface area contributed by atoms with Crippen molar-refractivity contribution in [1.82, 2.24) is 10.2 Å². The maximum Gasteiger partial charge on any atom is 0.423 e. The molecule has 1 saturated heterocycles. The van der Waals surface area contributed by atoms with E-state index in [0.717, 1.165) is 37.1 Å². The van der Waals surface area contributed by atoms with Crippen molar-refractivity contribution in [3.8, 4) is 11.5 Å². The SMILES string of the molecule is COc1ccc([C@@]23CC[C@H](NC(=O)Nc4ccc([N+](=O)[O-])c(C(F)(F)F)c4)C[C@H]2N(C)CC3)cc1OC. The lowest BCUT2D eigenvalue weighted by molar-refractivity contribution is -0.388. The molecule has 4 rings (SSSR count). The van der Waals surface area contributed by atoms with Gasteiger partial charge >= 0.3 is 12.2 Å². The lowest BCUT2D eigenvalue weighted by atomic mass is 9.65. The number of carbonyl (C=O) groups excluding carboxylic acids is 1. The zero-order chi connectivity index (χ0) is 27.0. The fourth-order valence-electron chi connectivity index (χ4n) is 5.75. The molecule has 1 heterocycles. The van der Waals surface area contributed by atoms with Crippen molar-refractivity contribution in [2.75, 3.05) is 33.1 Å². The van der Waals surface area contributed by atoms with Crippen molar-refractivity contribution in [2.24, 2.45) is 0 Å². The Morgan fingerprint density at radius 2 is 1.86 bits per heavy atom. The number of likely N-dealkylation sites (N-methyl/N-ethyl adjacent to an activating group) is 1. The van der Waals surface area contributed by atoms with Gasteiger partial charge in [0, 0.05) is 29.3 Å². The molecule has 2 amide bonds. The van der Waals surface area contributed by atoms with Crippen LogP contribution in [0.15, 0.2) is 36.4 Å². The number of methoxy groups -OCH3 is 2. The molecule has 0 aromatic heterocycles. The van der Waals surface area contributed by atoms with Crippen molar-refractivity contribution in [1.29, 1.82) is 0 Å². The summed E-state index contributed by atoms with van der Waals surface area (Å²) in [4.78, 5) is 24.8. The number of benzene rings is 2. The molecule has 0 bridgehead atoms. The highest BCUT2D eigenvalue weighted by Gasteiger charge is 2.50. The highest BCUT2D eigenvalue weighted by Crippen LogP contribution is 2.50. The molecule has 1 aliphatic heterocycles. The Morgan fingerprint density at radius 3 is 2.51 bits per heavy atom. The van der Waals surface area contributed by atoms with Gasteiger partial charge in [0.05, 0.1) is 19.1 Å². The Morgan fingerprint density at radius 1 is 1.14 bits per heavy atom. The number of nitrogens with zero attached hydrogens (tertiary/aromatic N) is 2. The van der Waals surface area contributed by atoms with Crippen LogP contribution in [0.2, 0.25) is 0 Å². The van der Waals surface area contributed by atoms with E-state index in [1.54, 1.807) is 14.2 Å². The predicted molar refractivity (Wildman–Crippen MR) is 130 cm³/mol. The minimum absolute atomic E-state index is 0.122. The molecule has 1 saturated carbocycles. The number of amides is 2. The highest BCUT2D eigenvalue weighted by molar-refractivity contribution is 5.89. The van der Waals surface area contributed by atoms with Gasteiger partial charge in [0.2, 0.25) is 0 Å². The lowest BCUT2D eigenvalue weighted by Gasteiger charge is -2.45. The van der Waals surface area contributed by atoms with Crippen LogP contribution >= 0.6 is 0 Å². The van der Waals surface area contributed by atoms with E-state index in [4.69, 9.17) is 9.47 Å². The second-order valence-electron chi connectivity index (χ2n) is 9.53. The zero-order valence-electron chi connectivity index (χ0n) is 20.7. The van der Waals surface area contributed by atoms with Gasteiger partial charge in [-0.3, -0.25) is 10.1 Å². The molecule has 2 N–H and O–H groups in total. The number of urea groups is 1. The number of hydrogen-bond donors (Lipinski definition) is 2. The summed E-state index contributed by atoms with van der Waals surface area (Å²) < 4.78 is 50.7. The smallest absolute Gasteiger partial charge is 0.423 e. The Balaban J connectivity index is 1.48. The Labute approximate surface area is 212 Å². The van der Waals surface area contributed by atoms with Gasteiger partial charge in [-0.2, -0.15) is 13.2 Å². The van der Waals surface area contributed by atoms with Crippen LogP contribution in [0.3, 0.4) is 0 Å². The monoisotopic (exact) mass is 522 g/mol. The number of fused-ring (bicyclic) bond motifs is 1. The minimum atomic E-state index is -4.93. The number of nitro groups is 1. The molecule has 200 valence electrons. The number of anilines is 1. The molecule has 0 spiro atoms. The maximum atomic E-state index is 13.3. The number of alkyl halides is 3. The van der Waals surface area contributed by atoms with Crippen LogP contribution in [0, 0.1) is 10.1 Å². The van der Waals surface area contributed by atoms with Crippen LogP contribution in [0.25, 0.3) is 0 Å². The summed E-state index contributed by atoms with van der Waals surface area (Å²) in [6, 6.07) is 7.65. The second kappa shape index (κ2) is 10.1. The average Bonchev–Trinajstić information content (AvgIpc) is 3.19. The van der Waals surface area contributed by atoms with Gasteiger partial charge in [0.25, 0.3) is 5.69 Å². The zero-order valence-corrected chi connectivity index (χ0v) is 20.7. The van der Waals surface area contributed by atoms with E-state index in [2.05, 4.69) is 21.6 Å². The largest absolute Gasteiger partial charge is 0.493 e. The third-order valence-corrected chi connectivity index (χ3v) is 7.58. The Kier molecular flexibility index (Phi) is 7.22. The average molecular weight is 523 g/mol. The predicted octanol–water partition coefficient (Wildman–Crippen LogP) is 4.95. The van der Waals surface area contributed by atoms with Crippen LogP contribution in [0.4, 0.5) is 29.3 Å². The van der Waals surface area contributed by atoms with Gasteiger partial charge in [0.15, 0.2) is 11.5 Å². The highest BCUT2D eigenvalue weighted by atomic mass is 19.4. The molecular formula is C25H29F3N4O5.